The van der Waals surface area contributed by atoms with Crippen molar-refractivity contribution in [1.29, 1.82) is 0 Å². The normalized spacial score (nSPS) is 12.4. The van der Waals surface area contributed by atoms with Crippen molar-refractivity contribution in [3.63, 3.8) is 0 Å². The Labute approximate surface area is 118 Å². The van der Waals surface area contributed by atoms with Crippen LogP contribution in [-0.4, -0.2) is 7.05 Å². The molecular weight excluding hydrogens is 265 g/mol. The summed E-state index contributed by atoms with van der Waals surface area (Å²) < 4.78 is 0. The van der Waals surface area contributed by atoms with Gasteiger partial charge < -0.3 is 5.32 Å². The molecular formula is C15H15Cl2N. The number of rotatable bonds is 3. The molecule has 1 nitrogen and oxygen atoms in total. The standard InChI is InChI=1S/C15H15Cl2N/c1-10-13(4-3-5-14(10)17)15(18-2)11-6-8-12(16)9-7-11/h3-9,15,18H,1-2H3. The van der Waals surface area contributed by atoms with Crippen LogP contribution in [0.5, 0.6) is 0 Å². The zero-order valence-corrected chi connectivity index (χ0v) is 11.9. The molecule has 94 valence electrons. The van der Waals surface area contributed by atoms with Gasteiger partial charge in [-0.25, -0.2) is 0 Å². The highest BCUT2D eigenvalue weighted by Gasteiger charge is 2.15. The minimum Gasteiger partial charge on any atom is -0.309 e. The van der Waals surface area contributed by atoms with Crippen LogP contribution in [0.2, 0.25) is 10.0 Å². The van der Waals surface area contributed by atoms with E-state index in [4.69, 9.17) is 23.2 Å². The molecule has 3 heteroatoms. The van der Waals surface area contributed by atoms with E-state index in [1.165, 1.54) is 11.1 Å². The van der Waals surface area contributed by atoms with Crippen LogP contribution >= 0.6 is 23.2 Å². The average molecular weight is 280 g/mol. The van der Waals surface area contributed by atoms with Crippen molar-refractivity contribution < 1.29 is 0 Å². The first-order chi connectivity index (χ1) is 8.63. The first-order valence-corrected chi connectivity index (χ1v) is 6.57. The van der Waals surface area contributed by atoms with Crippen LogP contribution in [0.4, 0.5) is 0 Å². The van der Waals surface area contributed by atoms with E-state index in [0.717, 1.165) is 15.6 Å². The number of benzene rings is 2. The second-order valence-electron chi connectivity index (χ2n) is 4.23. The average Bonchev–Trinajstić information content (AvgIpc) is 2.37. The molecule has 0 aromatic heterocycles. The third-order valence-corrected chi connectivity index (χ3v) is 3.77. The van der Waals surface area contributed by atoms with E-state index < -0.39 is 0 Å². The van der Waals surface area contributed by atoms with E-state index in [-0.39, 0.29) is 6.04 Å². The predicted molar refractivity (Wildman–Crippen MR) is 78.5 cm³/mol. The maximum absolute atomic E-state index is 6.18. The lowest BCUT2D eigenvalue weighted by molar-refractivity contribution is 0.688. The molecule has 0 saturated heterocycles. The molecule has 0 saturated carbocycles. The van der Waals surface area contributed by atoms with Crippen molar-refractivity contribution in [3.05, 3.63) is 69.2 Å². The summed E-state index contributed by atoms with van der Waals surface area (Å²) in [4.78, 5) is 0. The summed E-state index contributed by atoms with van der Waals surface area (Å²) in [6.45, 7) is 2.04. The molecule has 0 spiro atoms. The van der Waals surface area contributed by atoms with E-state index in [0.29, 0.717) is 0 Å². The Morgan fingerprint density at radius 3 is 2.28 bits per heavy atom. The van der Waals surface area contributed by atoms with Gasteiger partial charge in [0.1, 0.15) is 0 Å². The van der Waals surface area contributed by atoms with Gasteiger partial charge in [0, 0.05) is 10.0 Å². The van der Waals surface area contributed by atoms with Crippen molar-refractivity contribution >= 4 is 23.2 Å². The summed E-state index contributed by atoms with van der Waals surface area (Å²) in [5.41, 5.74) is 3.47. The highest BCUT2D eigenvalue weighted by Crippen LogP contribution is 2.29. The third kappa shape index (κ3) is 2.69. The third-order valence-electron chi connectivity index (χ3n) is 3.11. The van der Waals surface area contributed by atoms with Crippen molar-refractivity contribution in [2.45, 2.75) is 13.0 Å². The fourth-order valence-corrected chi connectivity index (χ4v) is 2.40. The van der Waals surface area contributed by atoms with Gasteiger partial charge in [-0.1, -0.05) is 47.5 Å². The van der Waals surface area contributed by atoms with Crippen LogP contribution in [-0.2, 0) is 0 Å². The molecule has 0 heterocycles. The van der Waals surface area contributed by atoms with E-state index in [9.17, 15) is 0 Å². The van der Waals surface area contributed by atoms with Gasteiger partial charge in [0.2, 0.25) is 0 Å². The largest absolute Gasteiger partial charge is 0.309 e. The minimum atomic E-state index is 0.126. The molecule has 2 aromatic rings. The quantitative estimate of drug-likeness (QED) is 0.865. The van der Waals surface area contributed by atoms with Gasteiger partial charge in [0.15, 0.2) is 0 Å². The molecule has 0 aliphatic carbocycles. The lowest BCUT2D eigenvalue weighted by Gasteiger charge is -2.20. The highest BCUT2D eigenvalue weighted by molar-refractivity contribution is 6.31. The van der Waals surface area contributed by atoms with Crippen LogP contribution < -0.4 is 5.32 Å². The van der Waals surface area contributed by atoms with Crippen LogP contribution in [0.3, 0.4) is 0 Å². The molecule has 0 bridgehead atoms. The van der Waals surface area contributed by atoms with Crippen molar-refractivity contribution in [2.24, 2.45) is 0 Å². The van der Waals surface area contributed by atoms with Gasteiger partial charge in [0.05, 0.1) is 6.04 Å². The number of halogens is 2. The first-order valence-electron chi connectivity index (χ1n) is 5.81. The van der Waals surface area contributed by atoms with Gasteiger partial charge in [-0.2, -0.15) is 0 Å². The maximum Gasteiger partial charge on any atom is 0.0577 e. The molecule has 0 amide bonds. The minimum absolute atomic E-state index is 0.126. The fraction of sp³-hybridized carbons (Fsp3) is 0.200. The molecule has 0 aliphatic heterocycles. The van der Waals surface area contributed by atoms with Gasteiger partial charge in [0.25, 0.3) is 0 Å². The monoisotopic (exact) mass is 279 g/mol. The fourth-order valence-electron chi connectivity index (χ4n) is 2.09. The SMILES string of the molecule is CNC(c1ccc(Cl)cc1)c1cccc(Cl)c1C. The molecule has 1 N–H and O–H groups in total. The molecule has 2 rings (SSSR count). The van der Waals surface area contributed by atoms with Gasteiger partial charge in [-0.15, -0.1) is 0 Å². The van der Waals surface area contributed by atoms with E-state index in [2.05, 4.69) is 11.4 Å². The second-order valence-corrected chi connectivity index (χ2v) is 5.07. The summed E-state index contributed by atoms with van der Waals surface area (Å²) in [6, 6.07) is 14.0. The maximum atomic E-state index is 6.18. The van der Waals surface area contributed by atoms with E-state index in [1.807, 2.05) is 50.4 Å². The van der Waals surface area contributed by atoms with Gasteiger partial charge in [-0.05, 0) is 48.9 Å². The van der Waals surface area contributed by atoms with Crippen LogP contribution in [0.1, 0.15) is 22.7 Å². The van der Waals surface area contributed by atoms with Crippen LogP contribution in [0.25, 0.3) is 0 Å². The molecule has 0 fully saturated rings. The topological polar surface area (TPSA) is 12.0 Å². The smallest absolute Gasteiger partial charge is 0.0577 e. The summed E-state index contributed by atoms with van der Waals surface area (Å²) in [6.07, 6.45) is 0. The summed E-state index contributed by atoms with van der Waals surface area (Å²) in [5, 5.41) is 4.86. The van der Waals surface area contributed by atoms with E-state index in [1.54, 1.807) is 0 Å². The van der Waals surface area contributed by atoms with Gasteiger partial charge >= 0.3 is 0 Å². The lowest BCUT2D eigenvalue weighted by atomic mass is 9.95. The Bertz CT molecular complexity index is 535. The van der Waals surface area contributed by atoms with E-state index >= 15 is 0 Å². The molecule has 0 aliphatic rings. The molecule has 1 atom stereocenters. The highest BCUT2D eigenvalue weighted by atomic mass is 35.5. The Balaban J connectivity index is 2.45. The number of hydrogen-bond acceptors (Lipinski definition) is 1. The second kappa shape index (κ2) is 5.75. The zero-order valence-electron chi connectivity index (χ0n) is 10.4. The first kappa shape index (κ1) is 13.4. The lowest BCUT2D eigenvalue weighted by Crippen LogP contribution is -2.18. The molecule has 0 radical (unpaired) electrons. The zero-order chi connectivity index (χ0) is 13.1. The molecule has 18 heavy (non-hydrogen) atoms. The number of hydrogen-bond donors (Lipinski definition) is 1. The number of nitrogens with one attached hydrogen (secondary N) is 1. The molecule has 2 aromatic carbocycles. The van der Waals surface area contributed by atoms with Crippen molar-refractivity contribution in [1.82, 2.24) is 5.32 Å². The van der Waals surface area contributed by atoms with Gasteiger partial charge in [-0.3, -0.25) is 0 Å². The Morgan fingerprint density at radius 2 is 1.67 bits per heavy atom. The molecule has 1 unspecified atom stereocenters. The summed E-state index contributed by atoms with van der Waals surface area (Å²) >= 11 is 12.1. The van der Waals surface area contributed by atoms with Crippen molar-refractivity contribution in [3.8, 4) is 0 Å². The van der Waals surface area contributed by atoms with Crippen LogP contribution in [0, 0.1) is 6.92 Å². The Morgan fingerprint density at radius 1 is 1.00 bits per heavy atom. The Hall–Kier alpha value is -1.02. The summed E-state index contributed by atoms with van der Waals surface area (Å²) in [7, 11) is 1.94. The van der Waals surface area contributed by atoms with Crippen LogP contribution in [0.15, 0.2) is 42.5 Å². The summed E-state index contributed by atoms with van der Waals surface area (Å²) in [5.74, 6) is 0. The van der Waals surface area contributed by atoms with Crippen molar-refractivity contribution in [2.75, 3.05) is 7.05 Å². The predicted octanol–water partition coefficient (Wildman–Crippen LogP) is 4.61. The Kier molecular flexibility index (Phi) is 4.28.